The summed E-state index contributed by atoms with van der Waals surface area (Å²) in [5.41, 5.74) is 0. The van der Waals surface area contributed by atoms with E-state index in [0.717, 1.165) is 25.7 Å². The van der Waals surface area contributed by atoms with Gasteiger partial charge in [-0.15, -0.1) is 0 Å². The number of rotatable bonds is 8. The van der Waals surface area contributed by atoms with Crippen molar-refractivity contribution in [3.8, 4) is 0 Å². The monoisotopic (exact) mass is 270 g/mol. The molecule has 4 nitrogen and oxygen atoms in total. The zero-order valence-corrected chi connectivity index (χ0v) is 12.7. The van der Waals surface area contributed by atoms with E-state index in [2.05, 4.69) is 24.1 Å². The van der Waals surface area contributed by atoms with Crippen LogP contribution in [0.15, 0.2) is 0 Å². The molecule has 1 aliphatic rings. The average Bonchev–Trinajstić information content (AvgIpc) is 2.94. The molecule has 112 valence electrons. The number of aliphatic hydroxyl groups excluding tert-OH is 1. The highest BCUT2D eigenvalue weighted by Crippen LogP contribution is 2.25. The van der Waals surface area contributed by atoms with Gasteiger partial charge in [-0.05, 0) is 32.6 Å². The molecule has 0 heterocycles. The van der Waals surface area contributed by atoms with Gasteiger partial charge in [0.1, 0.15) is 0 Å². The molecule has 0 saturated heterocycles. The van der Waals surface area contributed by atoms with Gasteiger partial charge < -0.3 is 10.4 Å². The number of amides is 1. The van der Waals surface area contributed by atoms with Crippen LogP contribution >= 0.6 is 0 Å². The fourth-order valence-electron chi connectivity index (χ4n) is 3.01. The summed E-state index contributed by atoms with van der Waals surface area (Å²) in [4.78, 5) is 14.5. The van der Waals surface area contributed by atoms with Crippen LogP contribution in [-0.4, -0.2) is 47.2 Å². The van der Waals surface area contributed by atoms with Gasteiger partial charge in [-0.3, -0.25) is 9.69 Å². The smallest absolute Gasteiger partial charge is 0.237 e. The van der Waals surface area contributed by atoms with Crippen LogP contribution in [0.3, 0.4) is 0 Å². The van der Waals surface area contributed by atoms with Gasteiger partial charge in [-0.25, -0.2) is 0 Å². The Morgan fingerprint density at radius 2 is 1.89 bits per heavy atom. The summed E-state index contributed by atoms with van der Waals surface area (Å²) in [6.45, 7) is 6.89. The van der Waals surface area contributed by atoms with E-state index in [1.165, 1.54) is 12.8 Å². The van der Waals surface area contributed by atoms with Crippen LogP contribution in [0, 0.1) is 0 Å². The number of hydrogen-bond donors (Lipinski definition) is 2. The van der Waals surface area contributed by atoms with E-state index in [4.69, 9.17) is 0 Å². The number of nitrogens with zero attached hydrogens (tertiary/aromatic N) is 1. The second kappa shape index (κ2) is 8.54. The summed E-state index contributed by atoms with van der Waals surface area (Å²) in [6.07, 6.45) is 6.74. The van der Waals surface area contributed by atoms with Crippen LogP contribution < -0.4 is 5.32 Å². The summed E-state index contributed by atoms with van der Waals surface area (Å²) >= 11 is 0. The molecule has 1 fully saturated rings. The Morgan fingerprint density at radius 3 is 2.37 bits per heavy atom. The minimum Gasteiger partial charge on any atom is -0.395 e. The number of nitrogens with one attached hydrogen (secondary N) is 1. The molecule has 0 aromatic rings. The SMILES string of the molecule is CCC(CC)NC(=O)C(C)N(CCO)C1CCCC1. The third-order valence-corrected chi connectivity index (χ3v) is 4.36. The molecule has 1 rings (SSSR count). The molecular weight excluding hydrogens is 240 g/mol. The zero-order valence-electron chi connectivity index (χ0n) is 12.7. The third kappa shape index (κ3) is 4.77. The van der Waals surface area contributed by atoms with Gasteiger partial charge in [-0.1, -0.05) is 26.7 Å². The summed E-state index contributed by atoms with van der Waals surface area (Å²) in [5, 5.41) is 12.3. The van der Waals surface area contributed by atoms with Crippen molar-refractivity contribution < 1.29 is 9.90 Å². The summed E-state index contributed by atoms with van der Waals surface area (Å²) in [6, 6.07) is 0.597. The third-order valence-electron chi connectivity index (χ3n) is 4.36. The van der Waals surface area contributed by atoms with Crippen LogP contribution in [0.1, 0.15) is 59.3 Å². The minimum absolute atomic E-state index is 0.106. The molecule has 0 aromatic heterocycles. The lowest BCUT2D eigenvalue weighted by Gasteiger charge is -2.33. The van der Waals surface area contributed by atoms with Crippen molar-refractivity contribution in [1.29, 1.82) is 0 Å². The van der Waals surface area contributed by atoms with Gasteiger partial charge in [0.25, 0.3) is 0 Å². The van der Waals surface area contributed by atoms with Crippen LogP contribution in [0.2, 0.25) is 0 Å². The Hall–Kier alpha value is -0.610. The number of hydrogen-bond acceptors (Lipinski definition) is 3. The van der Waals surface area contributed by atoms with Crippen LogP contribution in [0.5, 0.6) is 0 Å². The minimum atomic E-state index is -0.143. The topological polar surface area (TPSA) is 52.6 Å². The van der Waals surface area contributed by atoms with Gasteiger partial charge in [0, 0.05) is 18.6 Å². The van der Waals surface area contributed by atoms with Crippen LogP contribution in [0.4, 0.5) is 0 Å². The van der Waals surface area contributed by atoms with Crippen molar-refractivity contribution in [1.82, 2.24) is 10.2 Å². The van der Waals surface area contributed by atoms with Crippen LogP contribution in [-0.2, 0) is 4.79 Å². The van der Waals surface area contributed by atoms with E-state index in [1.807, 2.05) is 6.92 Å². The molecule has 1 amide bonds. The number of aliphatic hydroxyl groups is 1. The predicted octanol–water partition coefficient (Wildman–Crippen LogP) is 1.92. The molecule has 1 aliphatic carbocycles. The first-order chi connectivity index (χ1) is 9.13. The first-order valence-corrected chi connectivity index (χ1v) is 7.80. The zero-order chi connectivity index (χ0) is 14.3. The molecule has 19 heavy (non-hydrogen) atoms. The molecule has 2 N–H and O–H groups in total. The lowest BCUT2D eigenvalue weighted by atomic mass is 10.1. The Morgan fingerprint density at radius 1 is 1.32 bits per heavy atom. The molecule has 0 aromatic carbocycles. The molecule has 1 atom stereocenters. The van der Waals surface area contributed by atoms with E-state index >= 15 is 0 Å². The summed E-state index contributed by atoms with van der Waals surface area (Å²) in [7, 11) is 0. The number of carbonyl (C=O) groups excluding carboxylic acids is 1. The van der Waals surface area contributed by atoms with Gasteiger partial charge in [-0.2, -0.15) is 0 Å². The van der Waals surface area contributed by atoms with Gasteiger partial charge in [0.05, 0.1) is 12.6 Å². The molecule has 1 saturated carbocycles. The van der Waals surface area contributed by atoms with E-state index in [9.17, 15) is 9.90 Å². The Labute approximate surface area is 117 Å². The van der Waals surface area contributed by atoms with E-state index in [-0.39, 0.29) is 24.6 Å². The van der Waals surface area contributed by atoms with E-state index in [0.29, 0.717) is 12.6 Å². The second-order valence-electron chi connectivity index (χ2n) is 5.60. The normalized spacial score (nSPS) is 18.2. The molecule has 0 spiro atoms. The quantitative estimate of drug-likeness (QED) is 0.708. The van der Waals surface area contributed by atoms with Gasteiger partial charge >= 0.3 is 0 Å². The van der Waals surface area contributed by atoms with Crippen molar-refractivity contribution in [2.75, 3.05) is 13.2 Å². The Balaban J connectivity index is 2.58. The highest BCUT2D eigenvalue weighted by atomic mass is 16.3. The molecule has 0 aliphatic heterocycles. The van der Waals surface area contributed by atoms with Crippen molar-refractivity contribution in [3.63, 3.8) is 0 Å². The van der Waals surface area contributed by atoms with E-state index < -0.39 is 0 Å². The maximum absolute atomic E-state index is 12.3. The first kappa shape index (κ1) is 16.4. The number of carbonyl (C=O) groups is 1. The molecule has 0 radical (unpaired) electrons. The largest absolute Gasteiger partial charge is 0.395 e. The molecule has 4 heteroatoms. The maximum atomic E-state index is 12.3. The van der Waals surface area contributed by atoms with Gasteiger partial charge in [0.15, 0.2) is 0 Å². The first-order valence-electron chi connectivity index (χ1n) is 7.80. The van der Waals surface area contributed by atoms with Crippen molar-refractivity contribution in [3.05, 3.63) is 0 Å². The lowest BCUT2D eigenvalue weighted by Crippen LogP contribution is -2.51. The average molecular weight is 270 g/mol. The second-order valence-corrected chi connectivity index (χ2v) is 5.60. The summed E-state index contributed by atoms with van der Waals surface area (Å²) < 4.78 is 0. The Kier molecular flexibility index (Phi) is 7.39. The summed E-state index contributed by atoms with van der Waals surface area (Å²) in [5.74, 6) is 0.106. The Bertz CT molecular complexity index is 261. The molecule has 0 bridgehead atoms. The highest BCUT2D eigenvalue weighted by Gasteiger charge is 2.30. The highest BCUT2D eigenvalue weighted by molar-refractivity contribution is 5.81. The van der Waals surface area contributed by atoms with Crippen molar-refractivity contribution in [2.45, 2.75) is 77.4 Å². The molecular formula is C15H30N2O2. The van der Waals surface area contributed by atoms with Crippen molar-refractivity contribution >= 4 is 5.91 Å². The van der Waals surface area contributed by atoms with E-state index in [1.54, 1.807) is 0 Å². The van der Waals surface area contributed by atoms with Crippen LogP contribution in [0.25, 0.3) is 0 Å². The standard InChI is InChI=1S/C15H30N2O2/c1-4-13(5-2)16-15(19)12(3)17(10-11-18)14-8-6-7-9-14/h12-14,18H,4-11H2,1-3H3,(H,16,19). The maximum Gasteiger partial charge on any atom is 0.237 e. The fourth-order valence-corrected chi connectivity index (χ4v) is 3.01. The van der Waals surface area contributed by atoms with Crippen molar-refractivity contribution in [2.24, 2.45) is 0 Å². The predicted molar refractivity (Wildman–Crippen MR) is 78.0 cm³/mol. The fraction of sp³-hybridized carbons (Fsp3) is 0.933. The lowest BCUT2D eigenvalue weighted by molar-refractivity contribution is -0.127. The van der Waals surface area contributed by atoms with Gasteiger partial charge in [0.2, 0.25) is 5.91 Å². The molecule has 1 unspecified atom stereocenters.